The highest BCUT2D eigenvalue weighted by molar-refractivity contribution is 7.91. The van der Waals surface area contributed by atoms with Gasteiger partial charge < -0.3 is 9.88 Å². The number of aryl methyl sites for hydroxylation is 1. The number of aromatic nitrogens is 1. The highest BCUT2D eigenvalue weighted by atomic mass is 32.2. The molecule has 0 aromatic carbocycles. The monoisotopic (exact) mass is 270 g/mol. The van der Waals surface area contributed by atoms with Crippen LogP contribution in [-0.2, 0) is 21.2 Å². The van der Waals surface area contributed by atoms with Crippen LogP contribution in [0.2, 0.25) is 0 Å². The minimum Gasteiger partial charge on any atom is -0.354 e. The Balaban J connectivity index is 1.67. The zero-order chi connectivity index (χ0) is 13.0. The van der Waals surface area contributed by atoms with E-state index in [4.69, 9.17) is 0 Å². The van der Waals surface area contributed by atoms with Crippen LogP contribution in [0.3, 0.4) is 0 Å². The van der Waals surface area contributed by atoms with Crippen LogP contribution in [-0.4, -0.2) is 36.4 Å². The molecule has 1 fully saturated rings. The molecule has 1 atom stereocenters. The first-order valence-electron chi connectivity index (χ1n) is 6.16. The third-order valence-electron chi connectivity index (χ3n) is 3.08. The first kappa shape index (κ1) is 13.1. The summed E-state index contributed by atoms with van der Waals surface area (Å²) in [6.45, 7) is 0.809. The van der Waals surface area contributed by atoms with Gasteiger partial charge >= 0.3 is 0 Å². The number of carbonyl (C=O) groups is 1. The highest BCUT2D eigenvalue weighted by Crippen LogP contribution is 2.11. The van der Waals surface area contributed by atoms with E-state index in [2.05, 4.69) is 5.32 Å². The predicted molar refractivity (Wildman–Crippen MR) is 68.9 cm³/mol. The van der Waals surface area contributed by atoms with Gasteiger partial charge in [-0.05, 0) is 25.0 Å². The quantitative estimate of drug-likeness (QED) is 0.850. The van der Waals surface area contributed by atoms with Crippen molar-refractivity contribution in [2.45, 2.75) is 31.8 Å². The average Bonchev–Trinajstić information content (AvgIpc) is 2.88. The third kappa shape index (κ3) is 3.87. The van der Waals surface area contributed by atoms with Crippen molar-refractivity contribution in [2.24, 2.45) is 0 Å². The van der Waals surface area contributed by atoms with Gasteiger partial charge in [-0.15, -0.1) is 0 Å². The smallest absolute Gasteiger partial charge is 0.220 e. The SMILES string of the molecule is O=C(CCCn1cccc1)N[C@H]1CCS(=O)(=O)C1. The lowest BCUT2D eigenvalue weighted by atomic mass is 10.2. The first-order chi connectivity index (χ1) is 8.55. The summed E-state index contributed by atoms with van der Waals surface area (Å²) in [6, 6.07) is 3.71. The van der Waals surface area contributed by atoms with Crippen molar-refractivity contribution in [1.82, 2.24) is 9.88 Å². The fraction of sp³-hybridized carbons (Fsp3) is 0.583. The number of sulfone groups is 1. The summed E-state index contributed by atoms with van der Waals surface area (Å²) in [5, 5.41) is 2.79. The van der Waals surface area contributed by atoms with Crippen LogP contribution in [0, 0.1) is 0 Å². The summed E-state index contributed by atoms with van der Waals surface area (Å²) in [5.74, 6) is 0.238. The van der Waals surface area contributed by atoms with E-state index >= 15 is 0 Å². The van der Waals surface area contributed by atoms with Gasteiger partial charge in [-0.3, -0.25) is 4.79 Å². The van der Waals surface area contributed by atoms with E-state index in [0.717, 1.165) is 13.0 Å². The molecule has 0 spiro atoms. The van der Waals surface area contributed by atoms with Crippen molar-refractivity contribution in [3.05, 3.63) is 24.5 Å². The molecule has 2 rings (SSSR count). The summed E-state index contributed by atoms with van der Waals surface area (Å²) in [6.07, 6.45) is 5.67. The lowest BCUT2D eigenvalue weighted by molar-refractivity contribution is -0.121. The van der Waals surface area contributed by atoms with Crippen LogP contribution in [0.25, 0.3) is 0 Å². The van der Waals surface area contributed by atoms with E-state index in [0.29, 0.717) is 12.8 Å². The molecule has 6 heteroatoms. The molecule has 0 aliphatic carbocycles. The van der Waals surface area contributed by atoms with Crippen LogP contribution < -0.4 is 5.32 Å². The van der Waals surface area contributed by atoms with Gasteiger partial charge in [0.1, 0.15) is 0 Å². The summed E-state index contributed by atoms with van der Waals surface area (Å²) >= 11 is 0. The molecule has 0 radical (unpaired) electrons. The topological polar surface area (TPSA) is 68.2 Å². The van der Waals surface area contributed by atoms with Crippen LogP contribution in [0.15, 0.2) is 24.5 Å². The molecule has 2 heterocycles. The second-order valence-electron chi connectivity index (χ2n) is 4.69. The summed E-state index contributed by atoms with van der Waals surface area (Å²) < 4.78 is 24.5. The molecule has 0 saturated carbocycles. The summed E-state index contributed by atoms with van der Waals surface area (Å²) in [4.78, 5) is 11.6. The molecule has 0 bridgehead atoms. The van der Waals surface area contributed by atoms with Gasteiger partial charge in [-0.25, -0.2) is 8.42 Å². The predicted octanol–water partition coefficient (Wildman–Crippen LogP) is 0.572. The van der Waals surface area contributed by atoms with E-state index in [1.54, 1.807) is 0 Å². The highest BCUT2D eigenvalue weighted by Gasteiger charge is 2.28. The van der Waals surface area contributed by atoms with Gasteiger partial charge in [0.15, 0.2) is 9.84 Å². The second kappa shape index (κ2) is 5.56. The van der Waals surface area contributed by atoms with E-state index in [9.17, 15) is 13.2 Å². The minimum absolute atomic E-state index is 0.0516. The zero-order valence-electron chi connectivity index (χ0n) is 10.2. The van der Waals surface area contributed by atoms with Crippen molar-refractivity contribution >= 4 is 15.7 Å². The molecule has 1 aromatic heterocycles. The number of hydrogen-bond donors (Lipinski definition) is 1. The molecule has 1 N–H and O–H groups in total. The van der Waals surface area contributed by atoms with Crippen molar-refractivity contribution < 1.29 is 13.2 Å². The van der Waals surface area contributed by atoms with Crippen LogP contribution in [0.5, 0.6) is 0 Å². The average molecular weight is 270 g/mol. The number of rotatable bonds is 5. The van der Waals surface area contributed by atoms with Crippen LogP contribution in [0.1, 0.15) is 19.3 Å². The maximum atomic E-state index is 11.6. The summed E-state index contributed by atoms with van der Waals surface area (Å²) in [7, 11) is -2.92. The van der Waals surface area contributed by atoms with Crippen molar-refractivity contribution in [2.75, 3.05) is 11.5 Å². The molecule has 100 valence electrons. The van der Waals surface area contributed by atoms with Crippen LogP contribution >= 0.6 is 0 Å². The normalized spacial score (nSPS) is 21.9. The molecule has 0 unspecified atom stereocenters. The molecular formula is C12H18N2O3S. The fourth-order valence-electron chi connectivity index (χ4n) is 2.15. The van der Waals surface area contributed by atoms with Gasteiger partial charge in [-0.2, -0.15) is 0 Å². The zero-order valence-corrected chi connectivity index (χ0v) is 11.0. The molecule has 1 amide bonds. The molecule has 5 nitrogen and oxygen atoms in total. The third-order valence-corrected chi connectivity index (χ3v) is 4.85. The second-order valence-corrected chi connectivity index (χ2v) is 6.92. The number of nitrogens with one attached hydrogen (secondary N) is 1. The van der Waals surface area contributed by atoms with Crippen molar-refractivity contribution in [3.63, 3.8) is 0 Å². The lowest BCUT2D eigenvalue weighted by Crippen LogP contribution is -2.35. The molecule has 18 heavy (non-hydrogen) atoms. The summed E-state index contributed by atoms with van der Waals surface area (Å²) in [5.41, 5.74) is 0. The van der Waals surface area contributed by atoms with E-state index in [-0.39, 0.29) is 23.5 Å². The Morgan fingerprint density at radius 2 is 2.06 bits per heavy atom. The van der Waals surface area contributed by atoms with Crippen molar-refractivity contribution in [1.29, 1.82) is 0 Å². The Labute approximate surface area is 107 Å². The Morgan fingerprint density at radius 1 is 1.33 bits per heavy atom. The molecule has 1 aromatic rings. The maximum absolute atomic E-state index is 11.6. The Hall–Kier alpha value is -1.30. The van der Waals surface area contributed by atoms with E-state index < -0.39 is 9.84 Å². The number of nitrogens with zero attached hydrogens (tertiary/aromatic N) is 1. The number of carbonyl (C=O) groups excluding carboxylic acids is 1. The standard InChI is InChI=1S/C12H18N2O3S/c15-12(4-3-8-14-6-1-2-7-14)13-11-5-9-18(16,17)10-11/h1-2,6-7,11H,3-5,8-10H2,(H,13,15)/t11-/m0/s1. The van der Waals surface area contributed by atoms with Gasteiger partial charge in [-0.1, -0.05) is 0 Å². The lowest BCUT2D eigenvalue weighted by Gasteiger charge is -2.10. The molecule has 1 aliphatic heterocycles. The Bertz CT molecular complexity index is 493. The number of amides is 1. The Morgan fingerprint density at radius 3 is 2.67 bits per heavy atom. The largest absolute Gasteiger partial charge is 0.354 e. The number of hydrogen-bond acceptors (Lipinski definition) is 3. The van der Waals surface area contributed by atoms with Crippen molar-refractivity contribution in [3.8, 4) is 0 Å². The fourth-order valence-corrected chi connectivity index (χ4v) is 3.82. The Kier molecular flexibility index (Phi) is 4.06. The van der Waals surface area contributed by atoms with Gasteiger partial charge in [0.25, 0.3) is 0 Å². The maximum Gasteiger partial charge on any atom is 0.220 e. The van der Waals surface area contributed by atoms with Gasteiger partial charge in [0.05, 0.1) is 11.5 Å². The van der Waals surface area contributed by atoms with E-state index in [1.165, 1.54) is 0 Å². The molecule has 1 saturated heterocycles. The van der Waals surface area contributed by atoms with Gasteiger partial charge in [0.2, 0.25) is 5.91 Å². The van der Waals surface area contributed by atoms with Gasteiger partial charge in [0, 0.05) is 31.4 Å². The molecule has 1 aliphatic rings. The minimum atomic E-state index is -2.92. The van der Waals surface area contributed by atoms with E-state index in [1.807, 2.05) is 29.1 Å². The molecular weight excluding hydrogens is 252 g/mol. The first-order valence-corrected chi connectivity index (χ1v) is 7.98. The van der Waals surface area contributed by atoms with Crippen LogP contribution in [0.4, 0.5) is 0 Å².